The third-order valence-electron chi connectivity index (χ3n) is 3.77. The standard InChI is InChI=1S/C18H31N/c1-14(2)8-7-9-16(5)12-13-19(15(3)4)17(6)18-10-11-18/h8,12,15,18H,6-7,9-11,13H2,1-5H3/b16-12-. The Morgan fingerprint density at radius 3 is 2.32 bits per heavy atom. The van der Waals surface area contributed by atoms with E-state index in [1.807, 2.05) is 0 Å². The Morgan fingerprint density at radius 1 is 1.21 bits per heavy atom. The maximum atomic E-state index is 4.29. The highest BCUT2D eigenvalue weighted by Crippen LogP contribution is 2.37. The molecule has 0 atom stereocenters. The van der Waals surface area contributed by atoms with Crippen molar-refractivity contribution in [2.45, 2.75) is 66.3 Å². The second-order valence-corrected chi connectivity index (χ2v) is 6.38. The van der Waals surface area contributed by atoms with Gasteiger partial charge in [-0.25, -0.2) is 0 Å². The van der Waals surface area contributed by atoms with E-state index in [0.717, 1.165) is 18.9 Å². The Hall–Kier alpha value is -0.980. The minimum Gasteiger partial charge on any atom is -0.369 e. The van der Waals surface area contributed by atoms with Crippen molar-refractivity contribution in [2.75, 3.05) is 6.54 Å². The van der Waals surface area contributed by atoms with Gasteiger partial charge in [0, 0.05) is 18.3 Å². The van der Waals surface area contributed by atoms with Gasteiger partial charge >= 0.3 is 0 Å². The van der Waals surface area contributed by atoms with Gasteiger partial charge in [0.05, 0.1) is 0 Å². The zero-order valence-electron chi connectivity index (χ0n) is 13.5. The van der Waals surface area contributed by atoms with Gasteiger partial charge in [-0.3, -0.25) is 0 Å². The van der Waals surface area contributed by atoms with Crippen LogP contribution in [-0.2, 0) is 0 Å². The summed E-state index contributed by atoms with van der Waals surface area (Å²) in [4.78, 5) is 2.46. The van der Waals surface area contributed by atoms with Crippen molar-refractivity contribution in [3.63, 3.8) is 0 Å². The lowest BCUT2D eigenvalue weighted by molar-refractivity contribution is 0.298. The molecule has 1 rings (SSSR count). The lowest BCUT2D eigenvalue weighted by Gasteiger charge is -2.30. The van der Waals surface area contributed by atoms with Gasteiger partial charge in [0.15, 0.2) is 0 Å². The zero-order chi connectivity index (χ0) is 14.4. The maximum absolute atomic E-state index is 4.29. The molecule has 0 aliphatic heterocycles. The molecule has 0 aromatic carbocycles. The van der Waals surface area contributed by atoms with Gasteiger partial charge < -0.3 is 4.90 Å². The Bertz CT molecular complexity index is 352. The largest absolute Gasteiger partial charge is 0.369 e. The van der Waals surface area contributed by atoms with Gasteiger partial charge in [0.25, 0.3) is 0 Å². The third kappa shape index (κ3) is 6.13. The van der Waals surface area contributed by atoms with Crippen LogP contribution in [0.1, 0.15) is 60.3 Å². The molecular formula is C18H31N. The van der Waals surface area contributed by atoms with E-state index < -0.39 is 0 Å². The summed E-state index contributed by atoms with van der Waals surface area (Å²) < 4.78 is 0. The molecule has 0 N–H and O–H groups in total. The van der Waals surface area contributed by atoms with Gasteiger partial charge in [-0.15, -0.1) is 0 Å². The van der Waals surface area contributed by atoms with Crippen LogP contribution >= 0.6 is 0 Å². The van der Waals surface area contributed by atoms with E-state index in [0.29, 0.717) is 6.04 Å². The topological polar surface area (TPSA) is 3.24 Å². The second kappa shape index (κ2) is 7.57. The van der Waals surface area contributed by atoms with Gasteiger partial charge in [-0.2, -0.15) is 0 Å². The molecule has 0 unspecified atom stereocenters. The first-order valence-corrected chi connectivity index (χ1v) is 7.66. The molecule has 1 heteroatoms. The van der Waals surface area contributed by atoms with Gasteiger partial charge in [-0.05, 0) is 66.2 Å². The maximum Gasteiger partial charge on any atom is 0.0361 e. The van der Waals surface area contributed by atoms with Crippen LogP contribution in [0.5, 0.6) is 0 Å². The van der Waals surface area contributed by atoms with E-state index in [1.54, 1.807) is 0 Å². The van der Waals surface area contributed by atoms with Gasteiger partial charge in [0.1, 0.15) is 0 Å². The second-order valence-electron chi connectivity index (χ2n) is 6.38. The van der Waals surface area contributed by atoms with E-state index in [4.69, 9.17) is 0 Å². The van der Waals surface area contributed by atoms with Crippen LogP contribution in [0.4, 0.5) is 0 Å². The molecule has 0 saturated heterocycles. The first kappa shape index (κ1) is 16.1. The number of rotatable bonds is 8. The van der Waals surface area contributed by atoms with E-state index >= 15 is 0 Å². The Morgan fingerprint density at radius 2 is 1.84 bits per heavy atom. The molecule has 0 amide bonds. The number of hydrogen-bond donors (Lipinski definition) is 0. The molecule has 108 valence electrons. The van der Waals surface area contributed by atoms with Crippen molar-refractivity contribution in [2.24, 2.45) is 5.92 Å². The fraction of sp³-hybridized carbons (Fsp3) is 0.667. The van der Waals surface area contributed by atoms with Crippen LogP contribution in [0.15, 0.2) is 35.6 Å². The third-order valence-corrected chi connectivity index (χ3v) is 3.77. The Balaban J connectivity index is 2.45. The molecule has 19 heavy (non-hydrogen) atoms. The van der Waals surface area contributed by atoms with E-state index in [-0.39, 0.29) is 0 Å². The first-order valence-electron chi connectivity index (χ1n) is 7.66. The van der Waals surface area contributed by atoms with E-state index in [2.05, 4.69) is 58.2 Å². The molecule has 0 aromatic rings. The lowest BCUT2D eigenvalue weighted by atomic mass is 10.1. The highest BCUT2D eigenvalue weighted by Gasteiger charge is 2.28. The summed E-state index contributed by atoms with van der Waals surface area (Å²) in [6.45, 7) is 16.4. The van der Waals surface area contributed by atoms with Crippen LogP contribution in [-0.4, -0.2) is 17.5 Å². The Kier molecular flexibility index (Phi) is 6.41. The normalized spacial score (nSPS) is 15.6. The monoisotopic (exact) mass is 261 g/mol. The van der Waals surface area contributed by atoms with Crippen LogP contribution in [0, 0.1) is 5.92 Å². The molecule has 0 bridgehead atoms. The van der Waals surface area contributed by atoms with Crippen molar-refractivity contribution in [1.82, 2.24) is 4.90 Å². The number of hydrogen-bond acceptors (Lipinski definition) is 1. The summed E-state index contributed by atoms with van der Waals surface area (Å²) >= 11 is 0. The van der Waals surface area contributed by atoms with Crippen molar-refractivity contribution in [3.05, 3.63) is 35.6 Å². The predicted octanol–water partition coefficient (Wildman–Crippen LogP) is 5.31. The average molecular weight is 261 g/mol. The summed E-state index contributed by atoms with van der Waals surface area (Å²) in [5, 5.41) is 0. The van der Waals surface area contributed by atoms with Gasteiger partial charge in [0.2, 0.25) is 0 Å². The summed E-state index contributed by atoms with van der Waals surface area (Å²) in [6.07, 6.45) is 9.71. The number of nitrogens with zero attached hydrogens (tertiary/aromatic N) is 1. The van der Waals surface area contributed by atoms with Crippen LogP contribution in [0.2, 0.25) is 0 Å². The molecule has 0 spiro atoms. The van der Waals surface area contributed by atoms with Crippen molar-refractivity contribution in [3.8, 4) is 0 Å². The van der Waals surface area contributed by atoms with E-state index in [1.165, 1.54) is 36.1 Å². The fourth-order valence-electron chi connectivity index (χ4n) is 2.26. The fourth-order valence-corrected chi connectivity index (χ4v) is 2.26. The molecular weight excluding hydrogens is 230 g/mol. The molecule has 1 fully saturated rings. The SMILES string of the molecule is C=C(C1CC1)N(C/C=C(/C)CCC=C(C)C)C(C)C. The smallest absolute Gasteiger partial charge is 0.0361 e. The van der Waals surface area contributed by atoms with Crippen LogP contribution in [0.3, 0.4) is 0 Å². The highest BCUT2D eigenvalue weighted by molar-refractivity contribution is 5.11. The van der Waals surface area contributed by atoms with Gasteiger partial charge in [-0.1, -0.05) is 29.9 Å². The minimum atomic E-state index is 0.551. The molecule has 0 radical (unpaired) electrons. The summed E-state index contributed by atoms with van der Waals surface area (Å²) in [6, 6.07) is 0.551. The summed E-state index contributed by atoms with van der Waals surface area (Å²) in [7, 11) is 0. The zero-order valence-corrected chi connectivity index (χ0v) is 13.5. The van der Waals surface area contributed by atoms with Crippen molar-refractivity contribution < 1.29 is 0 Å². The quantitative estimate of drug-likeness (QED) is 0.535. The Labute approximate surface area is 120 Å². The summed E-state index contributed by atoms with van der Waals surface area (Å²) in [5.74, 6) is 0.766. The van der Waals surface area contributed by atoms with Crippen molar-refractivity contribution in [1.29, 1.82) is 0 Å². The average Bonchev–Trinajstić information content (AvgIpc) is 3.11. The number of allylic oxidation sites excluding steroid dienone is 4. The minimum absolute atomic E-state index is 0.551. The van der Waals surface area contributed by atoms with Crippen LogP contribution < -0.4 is 0 Å². The summed E-state index contributed by atoms with van der Waals surface area (Å²) in [5.41, 5.74) is 4.26. The van der Waals surface area contributed by atoms with Crippen molar-refractivity contribution >= 4 is 0 Å². The van der Waals surface area contributed by atoms with E-state index in [9.17, 15) is 0 Å². The molecule has 0 aromatic heterocycles. The predicted molar refractivity (Wildman–Crippen MR) is 86.1 cm³/mol. The first-order chi connectivity index (χ1) is 8.91. The molecule has 1 saturated carbocycles. The molecule has 1 aliphatic rings. The lowest BCUT2D eigenvalue weighted by Crippen LogP contribution is -2.30. The van der Waals surface area contributed by atoms with Crippen LogP contribution in [0.25, 0.3) is 0 Å². The highest BCUT2D eigenvalue weighted by atomic mass is 15.2. The molecule has 1 aliphatic carbocycles. The molecule has 1 nitrogen and oxygen atoms in total. The molecule has 0 heterocycles.